The van der Waals surface area contributed by atoms with E-state index >= 15 is 0 Å². The van der Waals surface area contributed by atoms with Crippen molar-refractivity contribution in [2.24, 2.45) is 7.05 Å². The quantitative estimate of drug-likeness (QED) is 0.870. The fourth-order valence-electron chi connectivity index (χ4n) is 3.23. The van der Waals surface area contributed by atoms with E-state index in [0.29, 0.717) is 18.2 Å². The number of ether oxygens (including phenoxy) is 1. The van der Waals surface area contributed by atoms with Crippen molar-refractivity contribution in [3.8, 4) is 5.75 Å². The molecular formula is C17H22FN3O. The van der Waals surface area contributed by atoms with E-state index < -0.39 is 0 Å². The van der Waals surface area contributed by atoms with Crippen molar-refractivity contribution in [1.29, 1.82) is 0 Å². The van der Waals surface area contributed by atoms with E-state index in [-0.39, 0.29) is 5.82 Å². The van der Waals surface area contributed by atoms with Gasteiger partial charge in [0.15, 0.2) is 0 Å². The average molecular weight is 303 g/mol. The van der Waals surface area contributed by atoms with Crippen molar-refractivity contribution >= 4 is 0 Å². The summed E-state index contributed by atoms with van der Waals surface area (Å²) >= 11 is 0. The van der Waals surface area contributed by atoms with Crippen LogP contribution >= 0.6 is 0 Å². The first-order valence-corrected chi connectivity index (χ1v) is 7.61. The van der Waals surface area contributed by atoms with Crippen LogP contribution in [0.25, 0.3) is 0 Å². The molecule has 2 aromatic rings. The first kappa shape index (κ1) is 15.0. The molecule has 0 bridgehead atoms. The zero-order valence-electron chi connectivity index (χ0n) is 13.3. The Hall–Kier alpha value is -1.88. The molecule has 1 fully saturated rings. The topological polar surface area (TPSA) is 30.3 Å². The maximum atomic E-state index is 14.1. The molecule has 4 nitrogen and oxygen atoms in total. The molecule has 2 heterocycles. The summed E-state index contributed by atoms with van der Waals surface area (Å²) in [6, 6.07) is 5.07. The van der Waals surface area contributed by atoms with Gasteiger partial charge in [0.2, 0.25) is 0 Å². The highest BCUT2D eigenvalue weighted by molar-refractivity contribution is 5.29. The van der Waals surface area contributed by atoms with Gasteiger partial charge < -0.3 is 9.30 Å². The molecule has 1 aliphatic heterocycles. The first-order chi connectivity index (χ1) is 10.6. The number of aromatic nitrogens is 2. The Bertz CT molecular complexity index is 668. The van der Waals surface area contributed by atoms with Gasteiger partial charge in [0, 0.05) is 43.9 Å². The van der Waals surface area contributed by atoms with Gasteiger partial charge in [-0.1, -0.05) is 6.07 Å². The lowest BCUT2D eigenvalue weighted by Crippen LogP contribution is -2.21. The van der Waals surface area contributed by atoms with Gasteiger partial charge in [-0.3, -0.25) is 4.90 Å². The molecule has 5 heteroatoms. The van der Waals surface area contributed by atoms with E-state index in [4.69, 9.17) is 4.74 Å². The zero-order valence-corrected chi connectivity index (χ0v) is 13.3. The Morgan fingerprint density at radius 1 is 1.41 bits per heavy atom. The van der Waals surface area contributed by atoms with Crippen LogP contribution < -0.4 is 4.74 Å². The summed E-state index contributed by atoms with van der Waals surface area (Å²) in [5.74, 6) is 1.93. The minimum absolute atomic E-state index is 0.198. The minimum atomic E-state index is -0.198. The van der Waals surface area contributed by atoms with E-state index in [1.54, 1.807) is 7.11 Å². The van der Waals surface area contributed by atoms with Gasteiger partial charge in [-0.2, -0.15) is 0 Å². The average Bonchev–Trinajstić information content (AvgIpc) is 3.07. The number of hydrogen-bond donors (Lipinski definition) is 0. The molecule has 3 rings (SSSR count). The molecule has 0 spiro atoms. The molecule has 1 aliphatic rings. The summed E-state index contributed by atoms with van der Waals surface area (Å²) in [6.07, 6.45) is 3.13. The van der Waals surface area contributed by atoms with Crippen molar-refractivity contribution in [3.63, 3.8) is 0 Å². The number of halogens is 1. The predicted octanol–water partition coefficient (Wildman–Crippen LogP) is 2.87. The predicted molar refractivity (Wildman–Crippen MR) is 83.5 cm³/mol. The molecule has 0 saturated carbocycles. The number of hydrogen-bond acceptors (Lipinski definition) is 3. The second-order valence-electron chi connectivity index (χ2n) is 6.03. The fourth-order valence-corrected chi connectivity index (χ4v) is 3.23. The normalized spacial score (nSPS) is 18.8. The van der Waals surface area contributed by atoms with Gasteiger partial charge in [-0.05, 0) is 26.0 Å². The summed E-state index contributed by atoms with van der Waals surface area (Å²) < 4.78 is 21.2. The van der Waals surface area contributed by atoms with Crippen LogP contribution in [-0.4, -0.2) is 34.7 Å². The van der Waals surface area contributed by atoms with Crippen LogP contribution in [0.2, 0.25) is 0 Å². The fraction of sp³-hybridized carbons (Fsp3) is 0.471. The number of benzene rings is 1. The number of imidazole rings is 1. The maximum Gasteiger partial charge on any atom is 0.131 e. The number of methoxy groups -OCH3 is 1. The Kier molecular flexibility index (Phi) is 4.16. The van der Waals surface area contributed by atoms with Crippen LogP contribution in [-0.2, 0) is 13.6 Å². The third-order valence-corrected chi connectivity index (χ3v) is 4.32. The van der Waals surface area contributed by atoms with E-state index in [1.807, 2.05) is 26.1 Å². The highest BCUT2D eigenvalue weighted by atomic mass is 19.1. The lowest BCUT2D eigenvalue weighted by atomic mass is 10.1. The highest BCUT2D eigenvalue weighted by Crippen LogP contribution is 2.28. The standard InChI is InChI=1S/C17H22FN3O/c1-12-9-20(2)17(19-12)14-6-7-21(11-14)10-13-4-5-15(22-3)8-16(13)18/h4-5,8-9,14H,6-7,10-11H2,1-3H3/t14-/m0/s1. The van der Waals surface area contributed by atoms with Crippen molar-refractivity contribution in [3.05, 3.63) is 47.3 Å². The molecule has 1 aromatic heterocycles. The highest BCUT2D eigenvalue weighted by Gasteiger charge is 2.27. The molecule has 0 radical (unpaired) electrons. The summed E-state index contributed by atoms with van der Waals surface area (Å²) in [6.45, 7) is 4.55. The van der Waals surface area contributed by atoms with Crippen molar-refractivity contribution in [1.82, 2.24) is 14.5 Å². The van der Waals surface area contributed by atoms with Gasteiger partial charge in [-0.15, -0.1) is 0 Å². The summed E-state index contributed by atoms with van der Waals surface area (Å²) in [7, 11) is 3.59. The lowest BCUT2D eigenvalue weighted by Gasteiger charge is -2.17. The summed E-state index contributed by atoms with van der Waals surface area (Å²) in [4.78, 5) is 6.91. The van der Waals surface area contributed by atoms with E-state index in [0.717, 1.165) is 36.6 Å². The summed E-state index contributed by atoms with van der Waals surface area (Å²) in [5, 5.41) is 0. The number of likely N-dealkylation sites (tertiary alicyclic amines) is 1. The Morgan fingerprint density at radius 3 is 2.86 bits per heavy atom. The van der Waals surface area contributed by atoms with Crippen LogP contribution in [0.5, 0.6) is 5.75 Å². The largest absolute Gasteiger partial charge is 0.497 e. The molecule has 0 N–H and O–H groups in total. The van der Waals surface area contributed by atoms with Crippen molar-refractivity contribution < 1.29 is 9.13 Å². The Balaban J connectivity index is 1.67. The third kappa shape index (κ3) is 2.99. The van der Waals surface area contributed by atoms with Gasteiger partial charge in [0.25, 0.3) is 0 Å². The lowest BCUT2D eigenvalue weighted by molar-refractivity contribution is 0.319. The van der Waals surface area contributed by atoms with E-state index in [1.165, 1.54) is 6.07 Å². The maximum absolute atomic E-state index is 14.1. The van der Waals surface area contributed by atoms with Gasteiger partial charge in [0.05, 0.1) is 12.8 Å². The van der Waals surface area contributed by atoms with Gasteiger partial charge in [0.1, 0.15) is 17.4 Å². The molecule has 22 heavy (non-hydrogen) atoms. The van der Waals surface area contributed by atoms with Crippen LogP contribution in [0.3, 0.4) is 0 Å². The third-order valence-electron chi connectivity index (χ3n) is 4.32. The molecule has 1 aromatic carbocycles. The molecule has 118 valence electrons. The monoisotopic (exact) mass is 303 g/mol. The molecule has 1 atom stereocenters. The Labute approximate surface area is 130 Å². The second-order valence-corrected chi connectivity index (χ2v) is 6.03. The summed E-state index contributed by atoms with van der Waals surface area (Å²) in [5.41, 5.74) is 1.77. The van der Waals surface area contributed by atoms with E-state index in [2.05, 4.69) is 20.6 Å². The zero-order chi connectivity index (χ0) is 15.7. The van der Waals surface area contributed by atoms with Crippen LogP contribution in [0.4, 0.5) is 4.39 Å². The number of aryl methyl sites for hydroxylation is 2. The first-order valence-electron chi connectivity index (χ1n) is 7.61. The molecule has 1 saturated heterocycles. The smallest absolute Gasteiger partial charge is 0.131 e. The van der Waals surface area contributed by atoms with Crippen LogP contribution in [0.15, 0.2) is 24.4 Å². The van der Waals surface area contributed by atoms with Crippen LogP contribution in [0, 0.1) is 12.7 Å². The number of nitrogens with zero attached hydrogens (tertiary/aromatic N) is 3. The van der Waals surface area contributed by atoms with Crippen LogP contribution in [0.1, 0.15) is 29.4 Å². The molecule has 0 unspecified atom stereocenters. The second kappa shape index (κ2) is 6.08. The van der Waals surface area contributed by atoms with Crippen molar-refractivity contribution in [2.75, 3.05) is 20.2 Å². The Morgan fingerprint density at radius 2 is 2.23 bits per heavy atom. The molecular weight excluding hydrogens is 281 g/mol. The molecule has 0 amide bonds. The SMILES string of the molecule is COc1ccc(CN2CC[C@H](c3nc(C)cn3C)C2)c(F)c1. The number of rotatable bonds is 4. The van der Waals surface area contributed by atoms with Gasteiger partial charge >= 0.3 is 0 Å². The van der Waals surface area contributed by atoms with Gasteiger partial charge in [-0.25, -0.2) is 9.37 Å². The van der Waals surface area contributed by atoms with Crippen molar-refractivity contribution in [2.45, 2.75) is 25.8 Å². The van der Waals surface area contributed by atoms with E-state index in [9.17, 15) is 4.39 Å². The minimum Gasteiger partial charge on any atom is -0.497 e. The molecule has 0 aliphatic carbocycles.